The van der Waals surface area contributed by atoms with Gasteiger partial charge in [-0.15, -0.1) is 0 Å². The van der Waals surface area contributed by atoms with E-state index in [-0.39, 0.29) is 0 Å². The van der Waals surface area contributed by atoms with Crippen molar-refractivity contribution in [1.82, 2.24) is 0 Å². The number of ether oxygens (including phenoxy) is 1. The highest BCUT2D eigenvalue weighted by Gasteiger charge is 2.05. The molecular weight excluding hydrogens is 361 g/mol. The molecule has 0 heterocycles. The molecule has 1 N–H and O–H groups in total. The molecule has 76 valence electrons. The largest absolute Gasteiger partial charge is 0.450 e. The number of amides is 1. The third-order valence-corrected chi connectivity index (χ3v) is 2.83. The van der Waals surface area contributed by atoms with Crippen LogP contribution < -0.4 is 5.32 Å². The molecule has 0 saturated carbocycles. The third-order valence-electron chi connectivity index (χ3n) is 1.44. The maximum absolute atomic E-state index is 11.1. The van der Waals surface area contributed by atoms with E-state index in [1.807, 2.05) is 18.2 Å². The lowest BCUT2D eigenvalue weighted by molar-refractivity contribution is 0.168. The van der Waals surface area contributed by atoms with Gasteiger partial charge in [0.05, 0.1) is 12.3 Å². The first-order valence-electron chi connectivity index (χ1n) is 4.02. The summed E-state index contributed by atoms with van der Waals surface area (Å²) in [5, 5.41) is 2.65. The number of carbonyl (C=O) groups is 1. The highest BCUT2D eigenvalue weighted by Crippen LogP contribution is 2.22. The summed E-state index contributed by atoms with van der Waals surface area (Å²) in [7, 11) is 0. The van der Waals surface area contributed by atoms with Gasteiger partial charge in [-0.3, -0.25) is 5.32 Å². The van der Waals surface area contributed by atoms with E-state index < -0.39 is 6.09 Å². The summed E-state index contributed by atoms with van der Waals surface area (Å²) in [5.41, 5.74) is 0.757. The molecule has 0 spiro atoms. The van der Waals surface area contributed by atoms with Crippen molar-refractivity contribution in [2.45, 2.75) is 6.92 Å². The Morgan fingerprint density at radius 3 is 2.93 bits per heavy atom. The summed E-state index contributed by atoms with van der Waals surface area (Å²) >= 11 is 5.49. The van der Waals surface area contributed by atoms with Gasteiger partial charge in [-0.25, -0.2) is 4.79 Å². The number of benzene rings is 1. The lowest BCUT2D eigenvalue weighted by atomic mass is 10.3. The number of halogens is 2. The van der Waals surface area contributed by atoms with Crippen LogP contribution in [0.1, 0.15) is 6.92 Å². The van der Waals surface area contributed by atoms with Crippen molar-refractivity contribution in [2.75, 3.05) is 11.9 Å². The SMILES string of the molecule is CCOC(=O)Nc1ccc(Br)cc1I. The first-order valence-corrected chi connectivity index (χ1v) is 5.89. The van der Waals surface area contributed by atoms with Crippen LogP contribution in [0.25, 0.3) is 0 Å². The Hall–Kier alpha value is -0.300. The number of anilines is 1. The van der Waals surface area contributed by atoms with E-state index in [2.05, 4.69) is 43.8 Å². The van der Waals surface area contributed by atoms with Gasteiger partial charge in [-0.1, -0.05) is 15.9 Å². The van der Waals surface area contributed by atoms with Gasteiger partial charge in [-0.2, -0.15) is 0 Å². The predicted octanol–water partition coefficient (Wildman–Crippen LogP) is 3.62. The van der Waals surface area contributed by atoms with Crippen LogP contribution >= 0.6 is 38.5 Å². The van der Waals surface area contributed by atoms with E-state index in [4.69, 9.17) is 4.74 Å². The smallest absolute Gasteiger partial charge is 0.411 e. The van der Waals surface area contributed by atoms with E-state index >= 15 is 0 Å². The van der Waals surface area contributed by atoms with Crippen molar-refractivity contribution in [3.8, 4) is 0 Å². The van der Waals surface area contributed by atoms with Crippen LogP contribution in [-0.2, 0) is 4.74 Å². The van der Waals surface area contributed by atoms with E-state index in [0.29, 0.717) is 6.61 Å². The molecule has 0 radical (unpaired) electrons. The molecule has 1 rings (SSSR count). The summed E-state index contributed by atoms with van der Waals surface area (Å²) < 4.78 is 6.71. The molecule has 0 bridgehead atoms. The van der Waals surface area contributed by atoms with Crippen molar-refractivity contribution in [1.29, 1.82) is 0 Å². The fourth-order valence-corrected chi connectivity index (χ4v) is 2.31. The number of carbonyl (C=O) groups excluding carboxylic acids is 1. The first-order chi connectivity index (χ1) is 6.63. The highest BCUT2D eigenvalue weighted by atomic mass is 127. The molecule has 1 aromatic rings. The average molecular weight is 370 g/mol. The van der Waals surface area contributed by atoms with Crippen LogP contribution in [0.3, 0.4) is 0 Å². The molecule has 5 heteroatoms. The molecule has 14 heavy (non-hydrogen) atoms. The van der Waals surface area contributed by atoms with Gasteiger partial charge in [0.1, 0.15) is 0 Å². The molecule has 0 aromatic heterocycles. The molecule has 0 saturated heterocycles. The summed E-state index contributed by atoms with van der Waals surface area (Å²) in [5.74, 6) is 0. The zero-order valence-corrected chi connectivity index (χ0v) is 11.3. The van der Waals surface area contributed by atoms with Crippen LogP contribution in [0.2, 0.25) is 0 Å². The minimum Gasteiger partial charge on any atom is -0.450 e. The van der Waals surface area contributed by atoms with Gasteiger partial charge in [0.15, 0.2) is 0 Å². The molecule has 0 aliphatic carbocycles. The maximum atomic E-state index is 11.1. The second-order valence-corrected chi connectivity index (χ2v) is 4.55. The highest BCUT2D eigenvalue weighted by molar-refractivity contribution is 14.1. The molecule has 3 nitrogen and oxygen atoms in total. The summed E-state index contributed by atoms with van der Waals surface area (Å²) in [4.78, 5) is 11.1. The van der Waals surface area contributed by atoms with E-state index in [0.717, 1.165) is 13.7 Å². The van der Waals surface area contributed by atoms with Gasteiger partial charge in [0.2, 0.25) is 0 Å². The monoisotopic (exact) mass is 369 g/mol. The normalized spacial score (nSPS) is 9.64. The maximum Gasteiger partial charge on any atom is 0.411 e. The zero-order chi connectivity index (χ0) is 10.6. The van der Waals surface area contributed by atoms with E-state index in [1.54, 1.807) is 6.92 Å². The first kappa shape index (κ1) is 11.8. The Bertz CT molecular complexity index is 344. The Labute approximate surface area is 104 Å². The predicted molar refractivity (Wildman–Crippen MR) is 67.5 cm³/mol. The minimum absolute atomic E-state index is 0.374. The second-order valence-electron chi connectivity index (χ2n) is 2.47. The average Bonchev–Trinajstić information content (AvgIpc) is 2.10. The molecule has 0 unspecified atom stereocenters. The lowest BCUT2D eigenvalue weighted by Crippen LogP contribution is -2.13. The lowest BCUT2D eigenvalue weighted by Gasteiger charge is -2.07. The van der Waals surface area contributed by atoms with Gasteiger partial charge in [0.25, 0.3) is 0 Å². The van der Waals surface area contributed by atoms with Crippen molar-refractivity contribution < 1.29 is 9.53 Å². The van der Waals surface area contributed by atoms with Crippen LogP contribution in [0.15, 0.2) is 22.7 Å². The number of nitrogens with one attached hydrogen (secondary N) is 1. The Kier molecular flexibility index (Phi) is 4.67. The fraction of sp³-hybridized carbons (Fsp3) is 0.222. The molecule has 1 amide bonds. The summed E-state index contributed by atoms with van der Waals surface area (Å²) in [6.07, 6.45) is -0.423. The topological polar surface area (TPSA) is 38.3 Å². The van der Waals surface area contributed by atoms with Crippen LogP contribution in [0, 0.1) is 3.57 Å². The molecule has 0 fully saturated rings. The van der Waals surface area contributed by atoms with Gasteiger partial charge < -0.3 is 4.74 Å². The van der Waals surface area contributed by atoms with Crippen LogP contribution in [0.4, 0.5) is 10.5 Å². The van der Waals surface area contributed by atoms with E-state index in [9.17, 15) is 4.79 Å². The summed E-state index contributed by atoms with van der Waals surface area (Å²) in [6, 6.07) is 5.61. The van der Waals surface area contributed by atoms with Crippen molar-refractivity contribution in [2.24, 2.45) is 0 Å². The van der Waals surface area contributed by atoms with Crippen LogP contribution in [-0.4, -0.2) is 12.7 Å². The quantitative estimate of drug-likeness (QED) is 0.808. The van der Waals surface area contributed by atoms with Gasteiger partial charge >= 0.3 is 6.09 Å². The Morgan fingerprint density at radius 2 is 2.36 bits per heavy atom. The van der Waals surface area contributed by atoms with Crippen molar-refractivity contribution in [3.63, 3.8) is 0 Å². The second kappa shape index (κ2) is 5.55. The van der Waals surface area contributed by atoms with Crippen molar-refractivity contribution in [3.05, 3.63) is 26.2 Å². The minimum atomic E-state index is -0.423. The zero-order valence-electron chi connectivity index (χ0n) is 7.51. The molecule has 0 atom stereocenters. The van der Waals surface area contributed by atoms with Crippen LogP contribution in [0.5, 0.6) is 0 Å². The number of hydrogen-bond donors (Lipinski definition) is 1. The number of rotatable bonds is 2. The Balaban J connectivity index is 2.72. The van der Waals surface area contributed by atoms with Crippen molar-refractivity contribution >= 4 is 50.3 Å². The van der Waals surface area contributed by atoms with Gasteiger partial charge in [0, 0.05) is 8.04 Å². The third kappa shape index (κ3) is 3.45. The standard InChI is InChI=1S/C9H9BrINO2/c1-2-14-9(13)12-8-4-3-6(10)5-7(8)11/h3-5H,2H2,1H3,(H,12,13). The van der Waals surface area contributed by atoms with Gasteiger partial charge in [-0.05, 0) is 47.7 Å². The Morgan fingerprint density at radius 1 is 1.64 bits per heavy atom. The summed E-state index contributed by atoms with van der Waals surface area (Å²) in [6.45, 7) is 2.14. The molecular formula is C9H9BrINO2. The van der Waals surface area contributed by atoms with E-state index in [1.165, 1.54) is 0 Å². The number of hydrogen-bond acceptors (Lipinski definition) is 2. The molecule has 0 aliphatic heterocycles. The fourth-order valence-electron chi connectivity index (χ4n) is 0.868. The molecule has 1 aromatic carbocycles. The molecule has 0 aliphatic rings.